The number of nitrogens with zero attached hydrogens (tertiary/aromatic N) is 2. The molecule has 2 aliphatic heterocycles. The number of rotatable bonds is 7. The standard InChI is InChI=1S/C28H37N3O/c1-32-25-11-9-22(10-12-25)24-6-4-15-31(21-24)17-5-16-30-18-13-23(14-19-30)27-20-29-28-8-3-2-7-26(27)28/h2-3,7-12,20,23-24,29H,4-6,13-19,21H2,1H3. The van der Waals surface area contributed by atoms with Crippen LogP contribution in [0.4, 0.5) is 0 Å². The zero-order chi connectivity index (χ0) is 21.8. The Kier molecular flexibility index (Phi) is 6.80. The summed E-state index contributed by atoms with van der Waals surface area (Å²) in [6.07, 6.45) is 8.72. The molecule has 4 nitrogen and oxygen atoms in total. The second-order valence-corrected chi connectivity index (χ2v) is 9.67. The summed E-state index contributed by atoms with van der Waals surface area (Å²) in [5.74, 6) is 2.33. The number of nitrogens with one attached hydrogen (secondary N) is 1. The minimum absolute atomic E-state index is 0.668. The number of aromatic amines is 1. The second kappa shape index (κ2) is 10.1. The number of ether oxygens (including phenoxy) is 1. The Balaban J connectivity index is 1.06. The molecule has 3 aromatic rings. The summed E-state index contributed by atoms with van der Waals surface area (Å²) < 4.78 is 5.32. The number of benzene rings is 2. The van der Waals surface area contributed by atoms with Gasteiger partial charge in [0.1, 0.15) is 5.75 Å². The number of aromatic nitrogens is 1. The minimum Gasteiger partial charge on any atom is -0.497 e. The van der Waals surface area contributed by atoms with Crippen LogP contribution in [0.25, 0.3) is 10.9 Å². The molecule has 2 fully saturated rings. The van der Waals surface area contributed by atoms with E-state index in [4.69, 9.17) is 4.74 Å². The van der Waals surface area contributed by atoms with E-state index in [1.807, 2.05) is 0 Å². The molecular formula is C28H37N3O. The highest BCUT2D eigenvalue weighted by molar-refractivity contribution is 5.83. The number of likely N-dealkylation sites (tertiary alicyclic amines) is 2. The van der Waals surface area contributed by atoms with Crippen LogP contribution in [0.3, 0.4) is 0 Å². The van der Waals surface area contributed by atoms with Crippen LogP contribution in [0.15, 0.2) is 54.7 Å². The third-order valence-corrected chi connectivity index (χ3v) is 7.69. The molecule has 5 rings (SSSR count). The number of hydrogen-bond donors (Lipinski definition) is 1. The summed E-state index contributed by atoms with van der Waals surface area (Å²) in [6, 6.07) is 17.5. The fraction of sp³-hybridized carbons (Fsp3) is 0.500. The fourth-order valence-corrected chi connectivity index (χ4v) is 5.82. The van der Waals surface area contributed by atoms with Gasteiger partial charge in [-0.15, -0.1) is 0 Å². The largest absolute Gasteiger partial charge is 0.497 e. The molecule has 1 unspecified atom stereocenters. The lowest BCUT2D eigenvalue weighted by Crippen LogP contribution is -2.38. The van der Waals surface area contributed by atoms with Crippen molar-refractivity contribution in [1.29, 1.82) is 0 Å². The molecular weight excluding hydrogens is 394 g/mol. The van der Waals surface area contributed by atoms with Gasteiger partial charge in [-0.25, -0.2) is 0 Å². The first-order valence-corrected chi connectivity index (χ1v) is 12.4. The van der Waals surface area contributed by atoms with Gasteiger partial charge in [0.25, 0.3) is 0 Å². The summed E-state index contributed by atoms with van der Waals surface area (Å²) in [4.78, 5) is 8.85. The Morgan fingerprint density at radius 3 is 2.47 bits per heavy atom. The van der Waals surface area contributed by atoms with E-state index in [2.05, 4.69) is 69.5 Å². The van der Waals surface area contributed by atoms with Crippen molar-refractivity contribution in [1.82, 2.24) is 14.8 Å². The van der Waals surface area contributed by atoms with Crippen molar-refractivity contribution in [2.75, 3.05) is 46.4 Å². The van der Waals surface area contributed by atoms with Crippen molar-refractivity contribution in [3.8, 4) is 5.75 Å². The molecule has 0 radical (unpaired) electrons. The minimum atomic E-state index is 0.668. The van der Waals surface area contributed by atoms with Crippen molar-refractivity contribution in [2.24, 2.45) is 0 Å². The van der Waals surface area contributed by atoms with Crippen LogP contribution in [0, 0.1) is 0 Å². The molecule has 2 aliphatic rings. The molecule has 1 N–H and O–H groups in total. The van der Waals surface area contributed by atoms with E-state index in [-0.39, 0.29) is 0 Å². The predicted molar refractivity (Wildman–Crippen MR) is 133 cm³/mol. The SMILES string of the molecule is COc1ccc(C2CCCN(CCCN3CCC(c4c[nH]c5ccccc45)CC3)C2)cc1. The normalized spacial score (nSPS) is 21.2. The second-order valence-electron chi connectivity index (χ2n) is 9.67. The summed E-state index contributed by atoms with van der Waals surface area (Å²) in [6.45, 7) is 7.40. The van der Waals surface area contributed by atoms with Crippen LogP contribution < -0.4 is 4.74 Å². The Labute approximate surface area is 192 Å². The first kappa shape index (κ1) is 21.5. The molecule has 0 bridgehead atoms. The van der Waals surface area contributed by atoms with Crippen molar-refractivity contribution in [3.63, 3.8) is 0 Å². The number of hydrogen-bond acceptors (Lipinski definition) is 3. The average molecular weight is 432 g/mol. The summed E-state index contributed by atoms with van der Waals surface area (Å²) in [5.41, 5.74) is 4.27. The Morgan fingerprint density at radius 2 is 1.66 bits per heavy atom. The molecule has 0 saturated carbocycles. The Hall–Kier alpha value is -2.30. The lowest BCUT2D eigenvalue weighted by Gasteiger charge is -2.35. The first-order valence-electron chi connectivity index (χ1n) is 12.4. The van der Waals surface area contributed by atoms with Crippen LogP contribution >= 0.6 is 0 Å². The zero-order valence-electron chi connectivity index (χ0n) is 19.4. The molecule has 2 saturated heterocycles. The van der Waals surface area contributed by atoms with E-state index in [9.17, 15) is 0 Å². The van der Waals surface area contributed by atoms with Crippen LogP contribution in [-0.4, -0.2) is 61.2 Å². The lowest BCUT2D eigenvalue weighted by molar-refractivity contribution is 0.173. The van der Waals surface area contributed by atoms with Gasteiger partial charge in [0.15, 0.2) is 0 Å². The van der Waals surface area contributed by atoms with Gasteiger partial charge in [-0.3, -0.25) is 0 Å². The van der Waals surface area contributed by atoms with E-state index in [1.54, 1.807) is 7.11 Å². The van der Waals surface area contributed by atoms with Crippen LogP contribution in [0.2, 0.25) is 0 Å². The maximum Gasteiger partial charge on any atom is 0.118 e. The molecule has 170 valence electrons. The van der Waals surface area contributed by atoms with Crippen LogP contribution in [0.1, 0.15) is 55.1 Å². The van der Waals surface area contributed by atoms with Gasteiger partial charge in [-0.1, -0.05) is 30.3 Å². The van der Waals surface area contributed by atoms with E-state index in [0.717, 1.165) is 5.75 Å². The van der Waals surface area contributed by atoms with Gasteiger partial charge in [0, 0.05) is 23.6 Å². The van der Waals surface area contributed by atoms with Gasteiger partial charge in [0.2, 0.25) is 0 Å². The molecule has 32 heavy (non-hydrogen) atoms. The highest BCUT2D eigenvalue weighted by atomic mass is 16.5. The highest BCUT2D eigenvalue weighted by Crippen LogP contribution is 2.33. The molecule has 0 spiro atoms. The van der Waals surface area contributed by atoms with Gasteiger partial charge in [-0.05, 0) is 106 Å². The maximum absolute atomic E-state index is 5.32. The number of para-hydroxylation sites is 1. The topological polar surface area (TPSA) is 31.5 Å². The Morgan fingerprint density at radius 1 is 0.875 bits per heavy atom. The highest BCUT2D eigenvalue weighted by Gasteiger charge is 2.24. The van der Waals surface area contributed by atoms with E-state index in [0.29, 0.717) is 11.8 Å². The molecule has 2 aromatic carbocycles. The summed E-state index contributed by atoms with van der Waals surface area (Å²) in [5, 5.41) is 1.42. The van der Waals surface area contributed by atoms with Gasteiger partial charge >= 0.3 is 0 Å². The van der Waals surface area contributed by atoms with E-state index in [1.165, 1.54) is 93.4 Å². The molecule has 0 amide bonds. The summed E-state index contributed by atoms with van der Waals surface area (Å²) >= 11 is 0. The Bertz CT molecular complexity index is 987. The van der Waals surface area contributed by atoms with E-state index >= 15 is 0 Å². The van der Waals surface area contributed by atoms with Crippen molar-refractivity contribution in [2.45, 2.75) is 43.9 Å². The zero-order valence-corrected chi connectivity index (χ0v) is 19.4. The number of piperidine rings is 2. The molecule has 1 aromatic heterocycles. The molecule has 3 heterocycles. The fourth-order valence-electron chi connectivity index (χ4n) is 5.82. The quantitative estimate of drug-likeness (QED) is 0.526. The third kappa shape index (κ3) is 4.87. The predicted octanol–water partition coefficient (Wildman–Crippen LogP) is 5.63. The smallest absolute Gasteiger partial charge is 0.118 e. The molecule has 1 atom stereocenters. The maximum atomic E-state index is 5.32. The van der Waals surface area contributed by atoms with Gasteiger partial charge in [-0.2, -0.15) is 0 Å². The number of methoxy groups -OCH3 is 1. The van der Waals surface area contributed by atoms with E-state index < -0.39 is 0 Å². The average Bonchev–Trinajstić information content (AvgIpc) is 3.29. The number of fused-ring (bicyclic) bond motifs is 1. The molecule has 0 aliphatic carbocycles. The van der Waals surface area contributed by atoms with Gasteiger partial charge in [0.05, 0.1) is 7.11 Å². The van der Waals surface area contributed by atoms with Crippen molar-refractivity contribution >= 4 is 10.9 Å². The van der Waals surface area contributed by atoms with Crippen LogP contribution in [-0.2, 0) is 0 Å². The van der Waals surface area contributed by atoms with Crippen LogP contribution in [0.5, 0.6) is 5.75 Å². The monoisotopic (exact) mass is 431 g/mol. The third-order valence-electron chi connectivity index (χ3n) is 7.69. The van der Waals surface area contributed by atoms with Crippen molar-refractivity contribution < 1.29 is 4.74 Å². The lowest BCUT2D eigenvalue weighted by atomic mass is 9.89. The molecule has 4 heteroatoms. The van der Waals surface area contributed by atoms with Crippen molar-refractivity contribution in [3.05, 3.63) is 65.9 Å². The van der Waals surface area contributed by atoms with Gasteiger partial charge < -0.3 is 19.5 Å². The number of H-pyrrole nitrogens is 1. The first-order chi connectivity index (χ1) is 15.8. The summed E-state index contributed by atoms with van der Waals surface area (Å²) in [7, 11) is 1.74.